The van der Waals surface area contributed by atoms with Crippen LogP contribution >= 0.6 is 0 Å². The first kappa shape index (κ1) is 6.92. The van der Waals surface area contributed by atoms with Crippen LogP contribution in [0.25, 0.3) is 0 Å². The van der Waals surface area contributed by atoms with Crippen molar-refractivity contribution in [2.24, 2.45) is 5.92 Å². The van der Waals surface area contributed by atoms with Gasteiger partial charge >= 0.3 is 0 Å². The molecule has 0 aromatic carbocycles. The maximum atomic E-state index is 4.97. The van der Waals surface area contributed by atoms with Crippen LogP contribution in [0.1, 0.15) is 13.3 Å². The second kappa shape index (κ2) is 2.28. The standard InChI is InChI=1S/C5H10O.H3N/c1-4-3-5(4)6-2;/h4-5H,3H2,1-2H3;1H3. The summed E-state index contributed by atoms with van der Waals surface area (Å²) in [5.74, 6) is 0.843. The van der Waals surface area contributed by atoms with E-state index in [-0.39, 0.29) is 6.15 Å². The molecule has 0 heterocycles. The summed E-state index contributed by atoms with van der Waals surface area (Å²) >= 11 is 0. The van der Waals surface area contributed by atoms with Gasteiger partial charge in [-0.2, -0.15) is 0 Å². The highest BCUT2D eigenvalue weighted by atomic mass is 16.5. The Hall–Kier alpha value is -0.0800. The number of hydrogen-bond acceptors (Lipinski definition) is 2. The zero-order valence-corrected chi connectivity index (χ0v) is 4.98. The minimum Gasteiger partial charge on any atom is -0.381 e. The van der Waals surface area contributed by atoms with E-state index in [0.29, 0.717) is 6.10 Å². The highest BCUT2D eigenvalue weighted by Gasteiger charge is 2.31. The fourth-order valence-corrected chi connectivity index (χ4v) is 0.616. The van der Waals surface area contributed by atoms with Crippen LogP contribution in [0.4, 0.5) is 0 Å². The van der Waals surface area contributed by atoms with Gasteiger partial charge in [0.1, 0.15) is 0 Å². The van der Waals surface area contributed by atoms with Gasteiger partial charge in [-0.25, -0.2) is 0 Å². The summed E-state index contributed by atoms with van der Waals surface area (Å²) in [5, 5.41) is 0. The van der Waals surface area contributed by atoms with Gasteiger partial charge in [-0.05, 0) is 12.3 Å². The summed E-state index contributed by atoms with van der Waals surface area (Å²) < 4.78 is 4.97. The second-order valence-corrected chi connectivity index (χ2v) is 1.99. The lowest BCUT2D eigenvalue weighted by Gasteiger charge is -1.84. The van der Waals surface area contributed by atoms with Crippen molar-refractivity contribution in [3.05, 3.63) is 0 Å². The van der Waals surface area contributed by atoms with Gasteiger partial charge in [-0.15, -0.1) is 0 Å². The van der Waals surface area contributed by atoms with Crippen molar-refractivity contribution in [3.8, 4) is 0 Å². The van der Waals surface area contributed by atoms with Crippen molar-refractivity contribution in [1.82, 2.24) is 6.15 Å². The Morgan fingerprint density at radius 3 is 2.00 bits per heavy atom. The third kappa shape index (κ3) is 1.45. The molecule has 2 nitrogen and oxygen atoms in total. The molecule has 3 N–H and O–H groups in total. The van der Waals surface area contributed by atoms with Crippen LogP contribution in [0.15, 0.2) is 0 Å². The molecule has 2 atom stereocenters. The van der Waals surface area contributed by atoms with Crippen LogP contribution in [-0.2, 0) is 4.74 Å². The molecule has 0 radical (unpaired) electrons. The SMILES string of the molecule is COC1CC1C.N. The molecule has 0 bridgehead atoms. The van der Waals surface area contributed by atoms with Gasteiger partial charge in [0.2, 0.25) is 0 Å². The van der Waals surface area contributed by atoms with Crippen molar-refractivity contribution in [1.29, 1.82) is 0 Å². The zero-order valence-electron chi connectivity index (χ0n) is 4.98. The molecule has 0 aromatic rings. The van der Waals surface area contributed by atoms with Crippen molar-refractivity contribution < 1.29 is 4.74 Å². The van der Waals surface area contributed by atoms with Gasteiger partial charge in [0.05, 0.1) is 6.10 Å². The molecule has 1 aliphatic rings. The second-order valence-electron chi connectivity index (χ2n) is 1.99. The largest absolute Gasteiger partial charge is 0.381 e. The van der Waals surface area contributed by atoms with Crippen molar-refractivity contribution in [2.75, 3.05) is 7.11 Å². The Morgan fingerprint density at radius 1 is 1.57 bits per heavy atom. The number of methoxy groups -OCH3 is 1. The highest BCUT2D eigenvalue weighted by molar-refractivity contribution is 4.82. The van der Waals surface area contributed by atoms with Crippen molar-refractivity contribution in [3.63, 3.8) is 0 Å². The van der Waals surface area contributed by atoms with Crippen LogP contribution in [0.5, 0.6) is 0 Å². The quantitative estimate of drug-likeness (QED) is 0.542. The Bertz CT molecular complexity index is 54.0. The van der Waals surface area contributed by atoms with Gasteiger partial charge in [-0.1, -0.05) is 6.92 Å². The summed E-state index contributed by atoms with van der Waals surface area (Å²) in [6.07, 6.45) is 1.88. The van der Waals surface area contributed by atoms with E-state index >= 15 is 0 Å². The molecule has 1 fully saturated rings. The Balaban J connectivity index is 0.000000360. The van der Waals surface area contributed by atoms with Crippen molar-refractivity contribution in [2.45, 2.75) is 19.4 Å². The molecule has 0 aromatic heterocycles. The first-order chi connectivity index (χ1) is 2.84. The number of hydrogen-bond donors (Lipinski definition) is 1. The smallest absolute Gasteiger partial charge is 0.0601 e. The molecule has 0 amide bonds. The molecule has 1 aliphatic carbocycles. The van der Waals surface area contributed by atoms with E-state index < -0.39 is 0 Å². The third-order valence-electron chi connectivity index (χ3n) is 1.34. The molecule has 0 saturated heterocycles. The minimum absolute atomic E-state index is 0. The molecular formula is C5H13NO. The molecule has 44 valence electrons. The van der Waals surface area contributed by atoms with Crippen LogP contribution in [0, 0.1) is 5.92 Å². The van der Waals surface area contributed by atoms with Crippen molar-refractivity contribution >= 4 is 0 Å². The summed E-state index contributed by atoms with van der Waals surface area (Å²) in [5.41, 5.74) is 0. The molecule has 7 heavy (non-hydrogen) atoms. The van der Waals surface area contributed by atoms with E-state index in [9.17, 15) is 0 Å². The number of rotatable bonds is 1. The summed E-state index contributed by atoms with van der Waals surface area (Å²) in [6.45, 7) is 2.20. The molecular weight excluding hydrogens is 90.1 g/mol. The van der Waals surface area contributed by atoms with Gasteiger partial charge in [0.25, 0.3) is 0 Å². The summed E-state index contributed by atoms with van der Waals surface area (Å²) in [4.78, 5) is 0. The lowest BCUT2D eigenvalue weighted by molar-refractivity contribution is 0.172. The lowest BCUT2D eigenvalue weighted by atomic mass is 10.5. The average Bonchev–Trinajstić information content (AvgIpc) is 2.19. The van der Waals surface area contributed by atoms with Gasteiger partial charge < -0.3 is 10.9 Å². The fraction of sp³-hybridized carbons (Fsp3) is 1.00. The Morgan fingerprint density at radius 2 is 2.00 bits per heavy atom. The highest BCUT2D eigenvalue weighted by Crippen LogP contribution is 2.31. The normalized spacial score (nSPS) is 36.9. The predicted octanol–water partition coefficient (Wildman–Crippen LogP) is 1.20. The van der Waals surface area contributed by atoms with Gasteiger partial charge in [-0.3, -0.25) is 0 Å². The van der Waals surface area contributed by atoms with Gasteiger partial charge in [0.15, 0.2) is 0 Å². The molecule has 0 spiro atoms. The Kier molecular flexibility index (Phi) is 2.26. The predicted molar refractivity (Wildman–Crippen MR) is 29.6 cm³/mol. The topological polar surface area (TPSA) is 44.2 Å². The molecule has 1 rings (SSSR count). The molecule has 2 unspecified atom stereocenters. The monoisotopic (exact) mass is 103 g/mol. The van der Waals surface area contributed by atoms with E-state index in [2.05, 4.69) is 6.92 Å². The van der Waals surface area contributed by atoms with Crippen LogP contribution < -0.4 is 6.15 Å². The first-order valence-electron chi connectivity index (χ1n) is 2.37. The molecule has 1 saturated carbocycles. The van der Waals surface area contributed by atoms with E-state index in [1.165, 1.54) is 6.42 Å². The van der Waals surface area contributed by atoms with Crippen LogP contribution in [0.3, 0.4) is 0 Å². The zero-order chi connectivity index (χ0) is 4.57. The maximum absolute atomic E-state index is 4.97. The fourth-order valence-electron chi connectivity index (χ4n) is 0.616. The van der Waals surface area contributed by atoms with Crippen LogP contribution in [-0.4, -0.2) is 13.2 Å². The van der Waals surface area contributed by atoms with E-state index in [0.717, 1.165) is 5.92 Å². The van der Waals surface area contributed by atoms with E-state index in [1.807, 2.05) is 0 Å². The summed E-state index contributed by atoms with van der Waals surface area (Å²) in [6, 6.07) is 0. The molecule has 2 heteroatoms. The third-order valence-corrected chi connectivity index (χ3v) is 1.34. The lowest BCUT2D eigenvalue weighted by Crippen LogP contribution is -1.85. The average molecular weight is 103 g/mol. The molecule has 0 aliphatic heterocycles. The maximum Gasteiger partial charge on any atom is 0.0601 e. The number of ether oxygens (including phenoxy) is 1. The Labute approximate surface area is 44.4 Å². The first-order valence-corrected chi connectivity index (χ1v) is 2.37. The van der Waals surface area contributed by atoms with E-state index in [1.54, 1.807) is 7.11 Å². The van der Waals surface area contributed by atoms with E-state index in [4.69, 9.17) is 4.74 Å². The minimum atomic E-state index is 0. The van der Waals surface area contributed by atoms with Gasteiger partial charge in [0, 0.05) is 7.11 Å². The van der Waals surface area contributed by atoms with Crippen LogP contribution in [0.2, 0.25) is 0 Å². The summed E-state index contributed by atoms with van der Waals surface area (Å²) in [7, 11) is 1.77.